The molecule has 3 nitrogen and oxygen atoms in total. The first-order valence-electron chi connectivity index (χ1n) is 6.01. The van der Waals surface area contributed by atoms with Gasteiger partial charge < -0.3 is 14.6 Å². The van der Waals surface area contributed by atoms with E-state index in [9.17, 15) is 9.90 Å². The van der Waals surface area contributed by atoms with Crippen LogP contribution in [-0.4, -0.2) is 30.7 Å². The highest BCUT2D eigenvalue weighted by molar-refractivity contribution is 5.60. The van der Waals surface area contributed by atoms with Crippen molar-refractivity contribution in [2.45, 2.75) is 44.6 Å². The zero-order chi connectivity index (χ0) is 10.7. The summed E-state index contributed by atoms with van der Waals surface area (Å²) in [5, 5.41) is 10.0. The van der Waals surface area contributed by atoms with Crippen LogP contribution >= 0.6 is 0 Å². The molecule has 3 heteroatoms. The second-order valence-corrected chi connectivity index (χ2v) is 4.97. The lowest BCUT2D eigenvalue weighted by Gasteiger charge is -2.43. The second kappa shape index (κ2) is 4.62. The minimum atomic E-state index is -0.391. The van der Waals surface area contributed by atoms with Gasteiger partial charge in [0.15, 0.2) is 0 Å². The summed E-state index contributed by atoms with van der Waals surface area (Å²) in [5.41, 5.74) is -0.391. The van der Waals surface area contributed by atoms with Gasteiger partial charge in [0.1, 0.15) is 6.29 Å². The number of rotatable bonds is 2. The molecule has 86 valence electrons. The van der Waals surface area contributed by atoms with Crippen LogP contribution in [0.15, 0.2) is 0 Å². The normalized spacial score (nSPS) is 42.5. The first-order valence-corrected chi connectivity index (χ1v) is 6.01. The summed E-state index contributed by atoms with van der Waals surface area (Å²) in [7, 11) is 0. The van der Waals surface area contributed by atoms with Crippen LogP contribution in [-0.2, 0) is 9.53 Å². The molecular weight excluding hydrogens is 192 g/mol. The third-order valence-electron chi connectivity index (χ3n) is 4.00. The SMILES string of the molecule is O=CC1(C2CCCCC2O)CCCOC1. The number of carbonyl (C=O) groups is 1. The van der Waals surface area contributed by atoms with Gasteiger partial charge in [-0.15, -0.1) is 0 Å². The maximum absolute atomic E-state index is 11.3. The summed E-state index contributed by atoms with van der Waals surface area (Å²) in [5.74, 6) is 0.129. The fourth-order valence-electron chi connectivity index (χ4n) is 3.09. The number of aliphatic hydroxyl groups excluding tert-OH is 1. The number of carbonyl (C=O) groups excluding carboxylic acids is 1. The van der Waals surface area contributed by atoms with Crippen LogP contribution in [0.1, 0.15) is 38.5 Å². The molecule has 0 bridgehead atoms. The third kappa shape index (κ3) is 2.08. The van der Waals surface area contributed by atoms with Crippen LogP contribution in [0.3, 0.4) is 0 Å². The summed E-state index contributed by atoms with van der Waals surface area (Å²) in [4.78, 5) is 11.3. The summed E-state index contributed by atoms with van der Waals surface area (Å²) in [6.45, 7) is 1.27. The first kappa shape index (κ1) is 11.1. The zero-order valence-electron chi connectivity index (χ0n) is 9.15. The van der Waals surface area contributed by atoms with E-state index in [0.29, 0.717) is 6.61 Å². The Bertz CT molecular complexity index is 221. The van der Waals surface area contributed by atoms with E-state index in [0.717, 1.165) is 51.4 Å². The maximum atomic E-state index is 11.3. The quantitative estimate of drug-likeness (QED) is 0.706. The van der Waals surface area contributed by atoms with Gasteiger partial charge in [-0.3, -0.25) is 0 Å². The molecule has 0 amide bonds. The molecule has 0 aromatic heterocycles. The molecule has 1 N–H and O–H groups in total. The van der Waals surface area contributed by atoms with Crippen molar-refractivity contribution < 1.29 is 14.6 Å². The number of aliphatic hydroxyl groups is 1. The molecule has 2 rings (SSSR count). The topological polar surface area (TPSA) is 46.5 Å². The van der Waals surface area contributed by atoms with Crippen molar-refractivity contribution in [2.75, 3.05) is 13.2 Å². The Morgan fingerprint density at radius 2 is 2.07 bits per heavy atom. The highest BCUT2D eigenvalue weighted by atomic mass is 16.5. The summed E-state index contributed by atoms with van der Waals surface area (Å²) in [6, 6.07) is 0. The molecule has 2 aliphatic rings. The van der Waals surface area contributed by atoms with Crippen molar-refractivity contribution in [3.8, 4) is 0 Å². The van der Waals surface area contributed by atoms with Crippen molar-refractivity contribution in [1.29, 1.82) is 0 Å². The predicted molar refractivity (Wildman–Crippen MR) is 56.5 cm³/mol. The first-order chi connectivity index (χ1) is 7.28. The van der Waals surface area contributed by atoms with Gasteiger partial charge in [0.05, 0.1) is 18.1 Å². The molecule has 0 spiro atoms. The standard InChI is InChI=1S/C12H20O3/c13-8-12(6-3-7-15-9-12)10-4-1-2-5-11(10)14/h8,10-11,14H,1-7,9H2. The monoisotopic (exact) mass is 212 g/mol. The fraction of sp³-hybridized carbons (Fsp3) is 0.917. The van der Waals surface area contributed by atoms with Gasteiger partial charge in [-0.2, -0.15) is 0 Å². The Labute approximate surface area is 90.8 Å². The molecule has 0 aromatic rings. The van der Waals surface area contributed by atoms with E-state index in [1.165, 1.54) is 0 Å². The molecule has 1 saturated heterocycles. The fourth-order valence-corrected chi connectivity index (χ4v) is 3.09. The van der Waals surface area contributed by atoms with Crippen molar-refractivity contribution in [1.82, 2.24) is 0 Å². The molecule has 0 aromatic carbocycles. The van der Waals surface area contributed by atoms with Crippen LogP contribution in [0.25, 0.3) is 0 Å². The largest absolute Gasteiger partial charge is 0.393 e. The van der Waals surface area contributed by atoms with Crippen LogP contribution < -0.4 is 0 Å². The van der Waals surface area contributed by atoms with Gasteiger partial charge in [-0.05, 0) is 31.6 Å². The Kier molecular flexibility index (Phi) is 3.42. The molecule has 15 heavy (non-hydrogen) atoms. The van der Waals surface area contributed by atoms with Crippen molar-refractivity contribution >= 4 is 6.29 Å². The average molecular weight is 212 g/mol. The molecule has 0 radical (unpaired) electrons. The van der Waals surface area contributed by atoms with Gasteiger partial charge in [0.2, 0.25) is 0 Å². The molecule has 3 atom stereocenters. The van der Waals surface area contributed by atoms with E-state index >= 15 is 0 Å². The minimum Gasteiger partial charge on any atom is -0.393 e. The summed E-state index contributed by atoms with van der Waals surface area (Å²) >= 11 is 0. The maximum Gasteiger partial charge on any atom is 0.128 e. The van der Waals surface area contributed by atoms with Gasteiger partial charge >= 0.3 is 0 Å². The van der Waals surface area contributed by atoms with Crippen molar-refractivity contribution in [3.05, 3.63) is 0 Å². The Morgan fingerprint density at radius 1 is 1.27 bits per heavy atom. The van der Waals surface area contributed by atoms with E-state index in [1.54, 1.807) is 0 Å². The third-order valence-corrected chi connectivity index (χ3v) is 4.00. The zero-order valence-corrected chi connectivity index (χ0v) is 9.15. The number of aldehydes is 1. The molecule has 1 aliphatic heterocycles. The van der Waals surface area contributed by atoms with E-state index in [2.05, 4.69) is 0 Å². The highest BCUT2D eigenvalue weighted by Gasteiger charge is 2.44. The average Bonchev–Trinajstić information content (AvgIpc) is 2.30. The Balaban J connectivity index is 2.12. The van der Waals surface area contributed by atoms with Gasteiger partial charge in [0, 0.05) is 6.61 Å². The molecule has 1 aliphatic carbocycles. The lowest BCUT2D eigenvalue weighted by Crippen LogP contribution is -2.46. The molecule has 1 saturated carbocycles. The van der Waals surface area contributed by atoms with Gasteiger partial charge in [0.25, 0.3) is 0 Å². The number of hydrogen-bond donors (Lipinski definition) is 1. The van der Waals surface area contributed by atoms with Gasteiger partial charge in [-0.25, -0.2) is 0 Å². The van der Waals surface area contributed by atoms with Crippen LogP contribution in [0.5, 0.6) is 0 Å². The number of hydrogen-bond acceptors (Lipinski definition) is 3. The summed E-state index contributed by atoms with van der Waals surface area (Å²) in [6.07, 6.45) is 6.63. The Morgan fingerprint density at radius 3 is 2.67 bits per heavy atom. The van der Waals surface area contributed by atoms with E-state index in [4.69, 9.17) is 4.74 Å². The molecule has 1 heterocycles. The minimum absolute atomic E-state index is 0.129. The van der Waals surface area contributed by atoms with Crippen molar-refractivity contribution in [2.24, 2.45) is 11.3 Å². The molecule has 2 fully saturated rings. The van der Waals surface area contributed by atoms with Crippen LogP contribution in [0.2, 0.25) is 0 Å². The number of ether oxygens (including phenoxy) is 1. The van der Waals surface area contributed by atoms with E-state index < -0.39 is 5.41 Å². The van der Waals surface area contributed by atoms with E-state index in [-0.39, 0.29) is 12.0 Å². The predicted octanol–water partition coefficient (Wildman–Crippen LogP) is 1.53. The highest BCUT2D eigenvalue weighted by Crippen LogP contribution is 2.42. The summed E-state index contributed by atoms with van der Waals surface area (Å²) < 4.78 is 5.44. The van der Waals surface area contributed by atoms with E-state index in [1.807, 2.05) is 0 Å². The lowest BCUT2D eigenvalue weighted by molar-refractivity contribution is -0.138. The Hall–Kier alpha value is -0.410. The second-order valence-electron chi connectivity index (χ2n) is 4.97. The lowest BCUT2D eigenvalue weighted by atomic mass is 9.66. The van der Waals surface area contributed by atoms with Crippen LogP contribution in [0.4, 0.5) is 0 Å². The van der Waals surface area contributed by atoms with Crippen molar-refractivity contribution in [3.63, 3.8) is 0 Å². The van der Waals surface area contributed by atoms with Crippen LogP contribution in [0, 0.1) is 11.3 Å². The smallest absolute Gasteiger partial charge is 0.128 e. The molecular formula is C12H20O3. The van der Waals surface area contributed by atoms with Gasteiger partial charge in [-0.1, -0.05) is 12.8 Å². The molecule has 3 unspecified atom stereocenters.